The Kier molecular flexibility index (Phi) is 7.37. The van der Waals surface area contributed by atoms with E-state index in [0.717, 1.165) is 11.6 Å². The maximum Gasteiger partial charge on any atom is 0.407 e. The van der Waals surface area contributed by atoms with Crippen molar-refractivity contribution in [2.75, 3.05) is 13.7 Å². The lowest BCUT2D eigenvalue weighted by atomic mass is 10.0. The largest absolute Gasteiger partial charge is 0.497 e. The lowest BCUT2D eigenvalue weighted by molar-refractivity contribution is 0.0134. The molecule has 2 rings (SSSR count). The number of alkyl carbamates (subject to hydrolysis) is 1. The van der Waals surface area contributed by atoms with Gasteiger partial charge in [-0.05, 0) is 29.7 Å². The molecule has 0 bridgehead atoms. The summed E-state index contributed by atoms with van der Waals surface area (Å²) in [5.41, 5.74) is 1.05. The Morgan fingerprint density at radius 3 is 2.62 bits per heavy atom. The Morgan fingerprint density at radius 1 is 1.19 bits per heavy atom. The van der Waals surface area contributed by atoms with Crippen LogP contribution in [0.1, 0.15) is 23.7 Å². The highest BCUT2D eigenvalue weighted by Crippen LogP contribution is 2.24. The Hall–Kier alpha value is -2.64. The number of benzene rings is 2. The number of amides is 1. The molecule has 26 heavy (non-hydrogen) atoms. The zero-order chi connectivity index (χ0) is 18.9. The quantitative estimate of drug-likeness (QED) is 0.671. The monoisotopic (exact) mass is 363 g/mol. The van der Waals surface area contributed by atoms with Crippen molar-refractivity contribution in [1.29, 1.82) is 0 Å². The molecule has 1 amide bonds. The molecule has 0 aromatic heterocycles. The van der Waals surface area contributed by atoms with E-state index in [1.165, 1.54) is 19.2 Å². The number of carbonyl (C=O) groups is 1. The van der Waals surface area contributed by atoms with Gasteiger partial charge in [0, 0.05) is 12.6 Å². The number of ether oxygens (including phenoxy) is 2. The van der Waals surface area contributed by atoms with Gasteiger partial charge in [-0.15, -0.1) is 0 Å². The molecule has 140 valence electrons. The van der Waals surface area contributed by atoms with E-state index in [0.29, 0.717) is 0 Å². The third-order valence-electron chi connectivity index (χ3n) is 3.76. The van der Waals surface area contributed by atoms with Gasteiger partial charge in [-0.25, -0.2) is 9.18 Å². The van der Waals surface area contributed by atoms with Crippen molar-refractivity contribution in [2.45, 2.75) is 25.2 Å². The number of carbonyl (C=O) groups excluding carboxylic acids is 1. The average molecular weight is 363 g/mol. The van der Waals surface area contributed by atoms with Crippen LogP contribution in [0.15, 0.2) is 48.5 Å². The normalized spacial score (nSPS) is 12.9. The van der Waals surface area contributed by atoms with E-state index in [2.05, 4.69) is 5.32 Å². The number of halogens is 1. The second-order valence-electron chi connectivity index (χ2n) is 5.71. The molecule has 7 heteroatoms. The fraction of sp³-hybridized carbons (Fsp3) is 0.316. The van der Waals surface area contributed by atoms with Crippen LogP contribution in [-0.2, 0) is 11.3 Å². The lowest BCUT2D eigenvalue weighted by Crippen LogP contribution is -2.29. The van der Waals surface area contributed by atoms with Crippen LogP contribution in [0.3, 0.4) is 0 Å². The van der Waals surface area contributed by atoms with Gasteiger partial charge in [-0.2, -0.15) is 0 Å². The van der Waals surface area contributed by atoms with Gasteiger partial charge in [-0.3, -0.25) is 0 Å². The number of methoxy groups -OCH3 is 1. The van der Waals surface area contributed by atoms with Crippen LogP contribution in [0.2, 0.25) is 0 Å². The van der Waals surface area contributed by atoms with Crippen molar-refractivity contribution in [3.63, 3.8) is 0 Å². The molecule has 0 spiro atoms. The molecule has 0 heterocycles. The molecule has 2 unspecified atom stereocenters. The SMILES string of the molecule is COc1cc(F)cc(C(O)C(O)CCNC(=O)OCc2ccccc2)c1. The number of aliphatic hydroxyl groups excluding tert-OH is 2. The first-order chi connectivity index (χ1) is 12.5. The first kappa shape index (κ1) is 19.7. The molecule has 2 aromatic rings. The zero-order valence-electron chi connectivity index (χ0n) is 14.4. The summed E-state index contributed by atoms with van der Waals surface area (Å²) in [6, 6.07) is 13.0. The molecule has 0 saturated heterocycles. The van der Waals surface area contributed by atoms with Crippen molar-refractivity contribution in [3.8, 4) is 5.75 Å². The van der Waals surface area contributed by atoms with Gasteiger partial charge in [0.2, 0.25) is 0 Å². The summed E-state index contributed by atoms with van der Waals surface area (Å²) < 4.78 is 23.5. The van der Waals surface area contributed by atoms with E-state index in [1.807, 2.05) is 30.3 Å². The number of aliphatic hydroxyl groups is 2. The molecular formula is C19H22FNO5. The van der Waals surface area contributed by atoms with Crippen LogP contribution in [0.4, 0.5) is 9.18 Å². The van der Waals surface area contributed by atoms with E-state index in [4.69, 9.17) is 9.47 Å². The summed E-state index contributed by atoms with van der Waals surface area (Å²) in [6.07, 6.45) is -3.04. The summed E-state index contributed by atoms with van der Waals surface area (Å²) in [4.78, 5) is 11.6. The molecule has 0 aliphatic heterocycles. The number of nitrogens with one attached hydrogen (secondary N) is 1. The molecular weight excluding hydrogens is 341 g/mol. The third kappa shape index (κ3) is 6.02. The molecule has 0 saturated carbocycles. The minimum atomic E-state index is -1.30. The van der Waals surface area contributed by atoms with Gasteiger partial charge in [-0.1, -0.05) is 30.3 Å². The van der Waals surface area contributed by atoms with Gasteiger partial charge in [0.15, 0.2) is 0 Å². The van der Waals surface area contributed by atoms with Crippen LogP contribution in [0.25, 0.3) is 0 Å². The van der Waals surface area contributed by atoms with Crippen LogP contribution in [-0.4, -0.2) is 36.1 Å². The first-order valence-electron chi connectivity index (χ1n) is 8.14. The summed E-state index contributed by atoms with van der Waals surface area (Å²) in [5.74, 6) is -0.331. The van der Waals surface area contributed by atoms with Crippen molar-refractivity contribution < 1.29 is 28.9 Å². The Bertz CT molecular complexity index is 710. The fourth-order valence-corrected chi connectivity index (χ4v) is 2.35. The minimum absolute atomic E-state index is 0.0699. The van der Waals surface area contributed by atoms with Crippen LogP contribution in [0, 0.1) is 5.82 Å². The predicted octanol–water partition coefficient (Wildman–Crippen LogP) is 2.55. The fourth-order valence-electron chi connectivity index (χ4n) is 2.35. The van der Waals surface area contributed by atoms with E-state index < -0.39 is 24.1 Å². The van der Waals surface area contributed by atoms with E-state index in [-0.39, 0.29) is 30.9 Å². The summed E-state index contributed by atoms with van der Waals surface area (Å²) in [7, 11) is 1.38. The Labute approximate surface area is 151 Å². The van der Waals surface area contributed by atoms with Crippen LogP contribution < -0.4 is 10.1 Å². The minimum Gasteiger partial charge on any atom is -0.497 e. The standard InChI is InChI=1S/C19H22FNO5/c1-25-16-10-14(9-15(20)11-16)18(23)17(22)7-8-21-19(24)26-12-13-5-3-2-4-6-13/h2-6,9-11,17-18,22-23H,7-8,12H2,1H3,(H,21,24). The number of hydrogen-bond donors (Lipinski definition) is 3. The van der Waals surface area contributed by atoms with E-state index in [9.17, 15) is 19.4 Å². The summed E-state index contributed by atoms with van der Waals surface area (Å²) in [5, 5.41) is 22.7. The first-order valence-corrected chi connectivity index (χ1v) is 8.14. The highest BCUT2D eigenvalue weighted by atomic mass is 19.1. The number of rotatable bonds is 8. The Morgan fingerprint density at radius 2 is 1.92 bits per heavy atom. The zero-order valence-corrected chi connectivity index (χ0v) is 14.4. The van der Waals surface area contributed by atoms with Crippen molar-refractivity contribution in [2.24, 2.45) is 0 Å². The summed E-state index contributed by atoms with van der Waals surface area (Å²) in [6.45, 7) is 0.235. The molecule has 6 nitrogen and oxygen atoms in total. The molecule has 0 radical (unpaired) electrons. The molecule has 2 atom stereocenters. The van der Waals surface area contributed by atoms with E-state index in [1.54, 1.807) is 0 Å². The second-order valence-corrected chi connectivity index (χ2v) is 5.71. The second kappa shape index (κ2) is 9.74. The topological polar surface area (TPSA) is 88.0 Å². The van der Waals surface area contributed by atoms with Crippen molar-refractivity contribution in [3.05, 3.63) is 65.5 Å². The third-order valence-corrected chi connectivity index (χ3v) is 3.76. The highest BCUT2D eigenvalue weighted by molar-refractivity contribution is 5.67. The van der Waals surface area contributed by atoms with Gasteiger partial charge >= 0.3 is 6.09 Å². The molecule has 0 aliphatic rings. The lowest BCUT2D eigenvalue weighted by Gasteiger charge is -2.19. The van der Waals surface area contributed by atoms with Crippen LogP contribution in [0.5, 0.6) is 5.75 Å². The average Bonchev–Trinajstić information content (AvgIpc) is 2.65. The van der Waals surface area contributed by atoms with Gasteiger partial charge < -0.3 is 25.0 Å². The van der Waals surface area contributed by atoms with Crippen molar-refractivity contribution >= 4 is 6.09 Å². The molecule has 0 fully saturated rings. The molecule has 2 aromatic carbocycles. The van der Waals surface area contributed by atoms with Gasteiger partial charge in [0.1, 0.15) is 24.3 Å². The molecule has 0 aliphatic carbocycles. The molecule has 3 N–H and O–H groups in total. The highest BCUT2D eigenvalue weighted by Gasteiger charge is 2.20. The van der Waals surface area contributed by atoms with Gasteiger partial charge in [0.25, 0.3) is 0 Å². The maximum absolute atomic E-state index is 13.5. The maximum atomic E-state index is 13.5. The van der Waals surface area contributed by atoms with Crippen molar-refractivity contribution in [1.82, 2.24) is 5.32 Å². The van der Waals surface area contributed by atoms with Gasteiger partial charge in [0.05, 0.1) is 13.2 Å². The predicted molar refractivity (Wildman–Crippen MR) is 93.2 cm³/mol. The van der Waals surface area contributed by atoms with E-state index >= 15 is 0 Å². The smallest absolute Gasteiger partial charge is 0.407 e. The Balaban J connectivity index is 1.76. The van der Waals surface area contributed by atoms with Crippen LogP contribution >= 0.6 is 0 Å². The summed E-state index contributed by atoms with van der Waals surface area (Å²) >= 11 is 0. The number of hydrogen-bond acceptors (Lipinski definition) is 5.